The van der Waals surface area contributed by atoms with Gasteiger partial charge in [-0.05, 0) is 17.7 Å². The largest absolute Gasteiger partial charge is 0.497 e. The Bertz CT molecular complexity index is 667. The summed E-state index contributed by atoms with van der Waals surface area (Å²) in [6, 6.07) is 8.73. The Kier molecular flexibility index (Phi) is 4.59. The molecular formula is C15H20N4O2. The molecule has 0 aliphatic heterocycles. The minimum Gasteiger partial charge on any atom is -0.497 e. The van der Waals surface area contributed by atoms with Crippen molar-refractivity contribution in [2.75, 3.05) is 26.1 Å². The summed E-state index contributed by atoms with van der Waals surface area (Å²) >= 11 is 0. The summed E-state index contributed by atoms with van der Waals surface area (Å²) in [5, 5.41) is 4.16. The van der Waals surface area contributed by atoms with E-state index in [0.717, 1.165) is 17.0 Å². The highest BCUT2D eigenvalue weighted by Crippen LogP contribution is 2.18. The van der Waals surface area contributed by atoms with Gasteiger partial charge in [0.05, 0.1) is 25.5 Å². The van der Waals surface area contributed by atoms with Gasteiger partial charge in [-0.25, -0.2) is 4.68 Å². The topological polar surface area (TPSA) is 73.4 Å². The molecule has 6 nitrogen and oxygen atoms in total. The van der Waals surface area contributed by atoms with Crippen LogP contribution in [0, 0.1) is 0 Å². The van der Waals surface area contributed by atoms with E-state index >= 15 is 0 Å². The molecule has 0 aliphatic carbocycles. The predicted octanol–water partition coefficient (Wildman–Crippen LogP) is 1.02. The van der Waals surface area contributed by atoms with Gasteiger partial charge >= 0.3 is 0 Å². The number of rotatable bonds is 5. The van der Waals surface area contributed by atoms with E-state index in [4.69, 9.17) is 10.5 Å². The molecule has 2 rings (SSSR count). The van der Waals surface area contributed by atoms with E-state index in [1.165, 1.54) is 4.68 Å². The van der Waals surface area contributed by atoms with Crippen molar-refractivity contribution >= 4 is 5.69 Å². The molecule has 1 atom stereocenters. The number of aromatic nitrogens is 2. The number of hydrogen-bond donors (Lipinski definition) is 1. The molecule has 0 saturated heterocycles. The van der Waals surface area contributed by atoms with Crippen molar-refractivity contribution < 1.29 is 4.74 Å². The lowest BCUT2D eigenvalue weighted by Gasteiger charge is -2.16. The van der Waals surface area contributed by atoms with Crippen LogP contribution in [-0.4, -0.2) is 31.0 Å². The standard InChI is InChI=1S/C15H20N4O2/c1-18(2)12-8-15(20)19(17-9-12)10-14(16)11-5-4-6-13(7-11)21-3/h4-9,14H,10,16H2,1-3H3. The van der Waals surface area contributed by atoms with Gasteiger partial charge in [-0.2, -0.15) is 5.10 Å². The van der Waals surface area contributed by atoms with Crippen LogP contribution >= 0.6 is 0 Å². The molecule has 0 amide bonds. The Labute approximate surface area is 123 Å². The minimum absolute atomic E-state index is 0.167. The molecule has 1 unspecified atom stereocenters. The lowest BCUT2D eigenvalue weighted by Crippen LogP contribution is -2.29. The number of nitrogens with two attached hydrogens (primary N) is 1. The molecule has 0 aliphatic rings. The highest BCUT2D eigenvalue weighted by Gasteiger charge is 2.10. The number of benzene rings is 1. The average Bonchev–Trinajstić information content (AvgIpc) is 2.49. The first-order chi connectivity index (χ1) is 10.0. The molecule has 0 fully saturated rings. The fourth-order valence-electron chi connectivity index (χ4n) is 1.97. The molecule has 21 heavy (non-hydrogen) atoms. The minimum atomic E-state index is -0.324. The first-order valence-electron chi connectivity index (χ1n) is 6.65. The van der Waals surface area contributed by atoms with Crippen molar-refractivity contribution in [3.63, 3.8) is 0 Å². The van der Waals surface area contributed by atoms with Crippen LogP contribution in [-0.2, 0) is 6.54 Å². The van der Waals surface area contributed by atoms with Crippen LogP contribution in [0.1, 0.15) is 11.6 Å². The summed E-state index contributed by atoms with van der Waals surface area (Å²) in [6.45, 7) is 0.319. The number of ether oxygens (including phenoxy) is 1. The summed E-state index contributed by atoms with van der Waals surface area (Å²) in [5.74, 6) is 0.742. The van der Waals surface area contributed by atoms with Gasteiger partial charge in [-0.15, -0.1) is 0 Å². The van der Waals surface area contributed by atoms with Crippen LogP contribution in [0.2, 0.25) is 0 Å². The van der Waals surface area contributed by atoms with Gasteiger partial charge in [0.2, 0.25) is 0 Å². The maximum absolute atomic E-state index is 12.0. The van der Waals surface area contributed by atoms with Crippen molar-refractivity contribution in [3.05, 3.63) is 52.4 Å². The zero-order chi connectivity index (χ0) is 15.4. The molecule has 6 heteroatoms. The van der Waals surface area contributed by atoms with E-state index in [2.05, 4.69) is 5.10 Å². The summed E-state index contributed by atoms with van der Waals surface area (Å²) in [5.41, 5.74) is 7.66. The smallest absolute Gasteiger partial charge is 0.268 e. The fourth-order valence-corrected chi connectivity index (χ4v) is 1.97. The van der Waals surface area contributed by atoms with Gasteiger partial charge < -0.3 is 15.4 Å². The Morgan fingerprint density at radius 2 is 2.14 bits per heavy atom. The van der Waals surface area contributed by atoms with Gasteiger partial charge in [0, 0.05) is 26.2 Å². The molecule has 112 valence electrons. The number of methoxy groups -OCH3 is 1. The number of nitrogens with zero attached hydrogens (tertiary/aromatic N) is 3. The second-order valence-corrected chi connectivity index (χ2v) is 5.01. The normalized spacial score (nSPS) is 12.0. The SMILES string of the molecule is COc1cccc(C(N)Cn2ncc(N(C)C)cc2=O)c1. The lowest BCUT2D eigenvalue weighted by atomic mass is 10.1. The Morgan fingerprint density at radius 3 is 2.76 bits per heavy atom. The van der Waals surface area contributed by atoms with E-state index in [-0.39, 0.29) is 11.6 Å². The van der Waals surface area contributed by atoms with Crippen molar-refractivity contribution in [2.24, 2.45) is 5.73 Å². The van der Waals surface area contributed by atoms with E-state index in [0.29, 0.717) is 6.54 Å². The zero-order valence-corrected chi connectivity index (χ0v) is 12.5. The molecule has 0 radical (unpaired) electrons. The van der Waals surface area contributed by atoms with E-state index in [1.807, 2.05) is 43.3 Å². The van der Waals surface area contributed by atoms with Crippen LogP contribution in [0.3, 0.4) is 0 Å². The van der Waals surface area contributed by atoms with Crippen molar-refractivity contribution in [2.45, 2.75) is 12.6 Å². The molecule has 0 spiro atoms. The molecule has 0 saturated carbocycles. The van der Waals surface area contributed by atoms with Gasteiger partial charge in [0.25, 0.3) is 5.56 Å². The third-order valence-electron chi connectivity index (χ3n) is 3.26. The third-order valence-corrected chi connectivity index (χ3v) is 3.26. The lowest BCUT2D eigenvalue weighted by molar-refractivity contribution is 0.413. The first kappa shape index (κ1) is 15.1. The highest BCUT2D eigenvalue weighted by atomic mass is 16.5. The van der Waals surface area contributed by atoms with Crippen molar-refractivity contribution in [1.82, 2.24) is 9.78 Å². The summed E-state index contributed by atoms with van der Waals surface area (Å²) in [6.07, 6.45) is 1.65. The molecular weight excluding hydrogens is 268 g/mol. The quantitative estimate of drug-likeness (QED) is 0.889. The molecule has 1 heterocycles. The van der Waals surface area contributed by atoms with Gasteiger partial charge in [0.15, 0.2) is 0 Å². The number of hydrogen-bond acceptors (Lipinski definition) is 5. The Balaban J connectivity index is 2.19. The predicted molar refractivity (Wildman–Crippen MR) is 82.7 cm³/mol. The van der Waals surface area contributed by atoms with Crippen LogP contribution in [0.15, 0.2) is 41.3 Å². The molecule has 1 aromatic carbocycles. The van der Waals surface area contributed by atoms with Crippen molar-refractivity contribution in [1.29, 1.82) is 0 Å². The summed E-state index contributed by atoms with van der Waals surface area (Å²) < 4.78 is 6.55. The van der Waals surface area contributed by atoms with E-state index < -0.39 is 0 Å². The maximum Gasteiger partial charge on any atom is 0.268 e. The number of anilines is 1. The third kappa shape index (κ3) is 3.61. The van der Waals surface area contributed by atoms with Gasteiger partial charge in [-0.3, -0.25) is 4.79 Å². The molecule has 2 N–H and O–H groups in total. The monoisotopic (exact) mass is 288 g/mol. The van der Waals surface area contributed by atoms with Crippen LogP contribution in [0.5, 0.6) is 5.75 Å². The molecule has 1 aromatic heterocycles. The maximum atomic E-state index is 12.0. The highest BCUT2D eigenvalue weighted by molar-refractivity contribution is 5.40. The summed E-state index contributed by atoms with van der Waals surface area (Å²) in [7, 11) is 5.34. The zero-order valence-electron chi connectivity index (χ0n) is 12.5. The van der Waals surface area contributed by atoms with Gasteiger partial charge in [-0.1, -0.05) is 12.1 Å². The fraction of sp³-hybridized carbons (Fsp3) is 0.333. The average molecular weight is 288 g/mol. The Hall–Kier alpha value is -2.34. The second kappa shape index (κ2) is 6.41. The van der Waals surface area contributed by atoms with Crippen LogP contribution < -0.4 is 20.9 Å². The molecule has 0 bridgehead atoms. The summed E-state index contributed by atoms with van der Waals surface area (Å²) in [4.78, 5) is 13.9. The second-order valence-electron chi connectivity index (χ2n) is 5.01. The Morgan fingerprint density at radius 1 is 1.38 bits per heavy atom. The van der Waals surface area contributed by atoms with Crippen LogP contribution in [0.4, 0.5) is 5.69 Å². The van der Waals surface area contributed by atoms with E-state index in [1.54, 1.807) is 19.4 Å². The van der Waals surface area contributed by atoms with E-state index in [9.17, 15) is 4.79 Å². The van der Waals surface area contributed by atoms with Gasteiger partial charge in [0.1, 0.15) is 5.75 Å². The van der Waals surface area contributed by atoms with Crippen molar-refractivity contribution in [3.8, 4) is 5.75 Å². The first-order valence-corrected chi connectivity index (χ1v) is 6.65. The van der Waals surface area contributed by atoms with Crippen LogP contribution in [0.25, 0.3) is 0 Å². The molecule has 2 aromatic rings.